The van der Waals surface area contributed by atoms with Gasteiger partial charge in [-0.1, -0.05) is 39.0 Å². The Labute approximate surface area is 113 Å². The number of carbonyl (C=O) groups is 2. The Bertz CT molecular complexity index is 461. The Balaban J connectivity index is 2.56. The molecular weight excluding hydrogens is 242 g/mol. The predicted octanol–water partition coefficient (Wildman–Crippen LogP) is 2.48. The number of amides is 1. The summed E-state index contributed by atoms with van der Waals surface area (Å²) in [5, 5.41) is 11.9. The van der Waals surface area contributed by atoms with Crippen molar-refractivity contribution in [2.24, 2.45) is 5.41 Å². The fourth-order valence-corrected chi connectivity index (χ4v) is 1.70. The molecule has 0 fully saturated rings. The number of carboxylic acids is 1. The van der Waals surface area contributed by atoms with Crippen molar-refractivity contribution in [2.45, 2.75) is 33.6 Å². The summed E-state index contributed by atoms with van der Waals surface area (Å²) in [6.07, 6.45) is 0.992. The summed E-state index contributed by atoms with van der Waals surface area (Å²) in [7, 11) is 0. The lowest BCUT2D eigenvalue weighted by molar-refractivity contribution is -0.120. The highest BCUT2D eigenvalue weighted by Crippen LogP contribution is 2.17. The summed E-state index contributed by atoms with van der Waals surface area (Å²) in [6.45, 7) is 6.94. The fourth-order valence-electron chi connectivity index (χ4n) is 1.70. The average molecular weight is 263 g/mol. The molecule has 0 bridgehead atoms. The van der Waals surface area contributed by atoms with Gasteiger partial charge in [0.2, 0.25) is 5.91 Å². The third kappa shape index (κ3) is 5.55. The lowest BCUT2D eigenvalue weighted by atomic mass is 9.92. The summed E-state index contributed by atoms with van der Waals surface area (Å²) in [5.74, 6) is -1.14. The lowest BCUT2D eigenvalue weighted by Gasteiger charge is -2.18. The van der Waals surface area contributed by atoms with Gasteiger partial charge in [0, 0.05) is 6.54 Å². The van der Waals surface area contributed by atoms with Gasteiger partial charge in [-0.2, -0.15) is 0 Å². The summed E-state index contributed by atoms with van der Waals surface area (Å²) in [4.78, 5) is 22.8. The van der Waals surface area contributed by atoms with Gasteiger partial charge in [-0.15, -0.1) is 0 Å². The highest BCUT2D eigenvalue weighted by molar-refractivity contribution is 5.91. The van der Waals surface area contributed by atoms with Gasteiger partial charge >= 0.3 is 5.97 Å². The van der Waals surface area contributed by atoms with Crippen molar-refractivity contribution in [2.75, 3.05) is 6.54 Å². The van der Waals surface area contributed by atoms with E-state index in [1.807, 2.05) is 0 Å². The minimum absolute atomic E-state index is 0.104. The molecule has 4 heteroatoms. The molecule has 1 amide bonds. The van der Waals surface area contributed by atoms with Crippen molar-refractivity contribution in [1.82, 2.24) is 5.32 Å². The fraction of sp³-hybridized carbons (Fsp3) is 0.467. The van der Waals surface area contributed by atoms with Crippen LogP contribution < -0.4 is 5.32 Å². The number of carbonyl (C=O) groups excluding carboxylic acids is 1. The monoisotopic (exact) mass is 263 g/mol. The zero-order valence-corrected chi connectivity index (χ0v) is 11.7. The number of benzene rings is 1. The van der Waals surface area contributed by atoms with E-state index in [2.05, 4.69) is 26.1 Å². The molecule has 0 heterocycles. The van der Waals surface area contributed by atoms with Crippen LogP contribution in [0.2, 0.25) is 0 Å². The highest BCUT2D eigenvalue weighted by atomic mass is 16.4. The molecule has 0 aliphatic rings. The number of rotatable bonds is 5. The normalized spacial score (nSPS) is 11.1. The Morgan fingerprint density at radius 2 is 1.84 bits per heavy atom. The van der Waals surface area contributed by atoms with Crippen LogP contribution in [0.1, 0.15) is 43.1 Å². The van der Waals surface area contributed by atoms with E-state index in [-0.39, 0.29) is 23.3 Å². The topological polar surface area (TPSA) is 66.4 Å². The second kappa shape index (κ2) is 6.36. The molecular formula is C15H21NO3. The van der Waals surface area contributed by atoms with Crippen LogP contribution in [0, 0.1) is 5.41 Å². The van der Waals surface area contributed by atoms with Crippen molar-refractivity contribution >= 4 is 11.9 Å². The molecule has 0 atom stereocenters. The van der Waals surface area contributed by atoms with Crippen LogP contribution in [0.4, 0.5) is 0 Å². The van der Waals surface area contributed by atoms with Crippen LogP contribution in [-0.4, -0.2) is 23.5 Å². The molecule has 0 aliphatic carbocycles. The molecule has 0 aromatic heterocycles. The molecule has 0 saturated carbocycles. The second-order valence-corrected chi connectivity index (χ2v) is 5.80. The number of aromatic carboxylic acids is 1. The molecule has 0 radical (unpaired) electrons. The van der Waals surface area contributed by atoms with E-state index < -0.39 is 5.97 Å². The van der Waals surface area contributed by atoms with E-state index in [1.165, 1.54) is 6.07 Å². The standard InChI is InChI=1S/C15H21NO3/c1-15(2,3)8-9-16-13(17)10-11-6-4-5-7-12(11)14(18)19/h4-7H,8-10H2,1-3H3,(H,16,17)(H,18,19). The SMILES string of the molecule is CC(C)(C)CCNC(=O)Cc1ccccc1C(=O)O. The highest BCUT2D eigenvalue weighted by Gasteiger charge is 2.13. The number of hydrogen-bond donors (Lipinski definition) is 2. The first kappa shape index (κ1) is 15.2. The minimum atomic E-state index is -1.00. The van der Waals surface area contributed by atoms with E-state index in [9.17, 15) is 9.59 Å². The third-order valence-electron chi connectivity index (χ3n) is 2.80. The summed E-state index contributed by atoms with van der Waals surface area (Å²) in [6, 6.07) is 6.58. The van der Waals surface area contributed by atoms with Gasteiger partial charge in [-0.05, 0) is 23.5 Å². The molecule has 1 aromatic rings. The average Bonchev–Trinajstić information content (AvgIpc) is 2.27. The van der Waals surface area contributed by atoms with Crippen LogP contribution >= 0.6 is 0 Å². The van der Waals surface area contributed by atoms with Gasteiger partial charge in [-0.3, -0.25) is 4.79 Å². The molecule has 0 spiro atoms. The Morgan fingerprint density at radius 1 is 1.21 bits per heavy atom. The van der Waals surface area contributed by atoms with Gasteiger partial charge in [-0.25, -0.2) is 4.79 Å². The maximum absolute atomic E-state index is 11.8. The Kier molecular flexibility index (Phi) is 5.10. The molecule has 4 nitrogen and oxygen atoms in total. The van der Waals surface area contributed by atoms with E-state index in [0.717, 1.165) is 6.42 Å². The van der Waals surface area contributed by atoms with Crippen LogP contribution in [0.25, 0.3) is 0 Å². The van der Waals surface area contributed by atoms with Gasteiger partial charge in [0.05, 0.1) is 12.0 Å². The molecule has 104 valence electrons. The molecule has 0 aliphatic heterocycles. The summed E-state index contributed by atoms with van der Waals surface area (Å²) >= 11 is 0. The van der Waals surface area contributed by atoms with Crippen molar-refractivity contribution < 1.29 is 14.7 Å². The predicted molar refractivity (Wildman–Crippen MR) is 74.2 cm³/mol. The minimum Gasteiger partial charge on any atom is -0.478 e. The van der Waals surface area contributed by atoms with Crippen molar-refractivity contribution in [3.63, 3.8) is 0 Å². The van der Waals surface area contributed by atoms with Gasteiger partial charge in [0.1, 0.15) is 0 Å². The molecule has 0 saturated heterocycles. The first-order chi connectivity index (χ1) is 8.79. The van der Waals surface area contributed by atoms with Gasteiger partial charge in [0.25, 0.3) is 0 Å². The Hall–Kier alpha value is -1.84. The van der Waals surface area contributed by atoms with Crippen molar-refractivity contribution in [1.29, 1.82) is 0 Å². The summed E-state index contributed by atoms with van der Waals surface area (Å²) < 4.78 is 0. The van der Waals surface area contributed by atoms with Crippen LogP contribution in [0.15, 0.2) is 24.3 Å². The van der Waals surface area contributed by atoms with Crippen LogP contribution in [0.5, 0.6) is 0 Å². The van der Waals surface area contributed by atoms with Crippen LogP contribution in [-0.2, 0) is 11.2 Å². The maximum Gasteiger partial charge on any atom is 0.335 e. The van der Waals surface area contributed by atoms with E-state index in [4.69, 9.17) is 5.11 Å². The number of hydrogen-bond acceptors (Lipinski definition) is 2. The molecule has 0 unspecified atom stereocenters. The Morgan fingerprint density at radius 3 is 2.42 bits per heavy atom. The first-order valence-electron chi connectivity index (χ1n) is 6.37. The number of nitrogens with one attached hydrogen (secondary N) is 1. The quantitative estimate of drug-likeness (QED) is 0.857. The second-order valence-electron chi connectivity index (χ2n) is 5.80. The van der Waals surface area contributed by atoms with E-state index >= 15 is 0 Å². The maximum atomic E-state index is 11.8. The van der Waals surface area contributed by atoms with E-state index in [0.29, 0.717) is 12.1 Å². The largest absolute Gasteiger partial charge is 0.478 e. The van der Waals surface area contributed by atoms with Crippen LogP contribution in [0.3, 0.4) is 0 Å². The third-order valence-corrected chi connectivity index (χ3v) is 2.80. The first-order valence-corrected chi connectivity index (χ1v) is 6.37. The van der Waals surface area contributed by atoms with Gasteiger partial charge < -0.3 is 10.4 Å². The zero-order valence-electron chi connectivity index (χ0n) is 11.7. The molecule has 1 rings (SSSR count). The zero-order chi connectivity index (χ0) is 14.5. The molecule has 19 heavy (non-hydrogen) atoms. The molecule has 1 aromatic carbocycles. The van der Waals surface area contributed by atoms with Crippen molar-refractivity contribution in [3.05, 3.63) is 35.4 Å². The smallest absolute Gasteiger partial charge is 0.335 e. The number of carboxylic acid groups (broad SMARTS) is 1. The van der Waals surface area contributed by atoms with Crippen molar-refractivity contribution in [3.8, 4) is 0 Å². The summed E-state index contributed by atoms with van der Waals surface area (Å²) in [5.41, 5.74) is 0.906. The van der Waals surface area contributed by atoms with E-state index in [1.54, 1.807) is 18.2 Å². The van der Waals surface area contributed by atoms with Gasteiger partial charge in [0.15, 0.2) is 0 Å². The lowest BCUT2D eigenvalue weighted by Crippen LogP contribution is -2.29. The molecule has 2 N–H and O–H groups in total.